The minimum atomic E-state index is -0.195. The second kappa shape index (κ2) is 5.26. The number of nitrogens with zero attached hydrogens (tertiary/aromatic N) is 1. The van der Waals surface area contributed by atoms with E-state index < -0.39 is 0 Å². The van der Waals surface area contributed by atoms with Crippen LogP contribution in [0.25, 0.3) is 0 Å². The number of alkyl halides is 1. The van der Waals surface area contributed by atoms with E-state index in [-0.39, 0.29) is 5.82 Å². The van der Waals surface area contributed by atoms with Crippen LogP contribution in [0.5, 0.6) is 0 Å². The molecule has 1 saturated carbocycles. The molecule has 1 nitrogen and oxygen atoms in total. The predicted octanol–water partition coefficient (Wildman–Crippen LogP) is 4.19. The highest BCUT2D eigenvalue weighted by Gasteiger charge is 2.26. The Balaban J connectivity index is 2.23. The fraction of sp³-hybridized carbons (Fsp3) is 0.571. The Morgan fingerprint density at radius 2 is 2.06 bits per heavy atom. The molecule has 0 aromatic heterocycles. The maximum Gasteiger partial charge on any atom is 0.125 e. The van der Waals surface area contributed by atoms with E-state index in [0.717, 1.165) is 23.7 Å². The third-order valence-electron chi connectivity index (χ3n) is 3.20. The number of halogens is 2. The topological polar surface area (TPSA) is 3.24 Å². The summed E-state index contributed by atoms with van der Waals surface area (Å²) in [5.74, 6) is 0.958. The van der Waals surface area contributed by atoms with Gasteiger partial charge in [-0.1, -0.05) is 0 Å². The third kappa shape index (κ3) is 3.35. The zero-order chi connectivity index (χ0) is 12.4. The van der Waals surface area contributed by atoms with Crippen LogP contribution in [-0.4, -0.2) is 12.6 Å². The first-order valence-electron chi connectivity index (χ1n) is 6.22. The Hall–Kier alpha value is -0.760. The molecule has 0 spiro atoms. The maximum absolute atomic E-state index is 13.5. The van der Waals surface area contributed by atoms with Gasteiger partial charge in [-0.15, -0.1) is 11.6 Å². The highest BCUT2D eigenvalue weighted by atomic mass is 35.5. The van der Waals surface area contributed by atoms with Crippen LogP contribution in [0.4, 0.5) is 10.1 Å². The first kappa shape index (κ1) is 12.7. The van der Waals surface area contributed by atoms with E-state index in [1.54, 1.807) is 6.07 Å². The average Bonchev–Trinajstić information content (AvgIpc) is 3.08. The van der Waals surface area contributed by atoms with Crippen molar-refractivity contribution in [2.24, 2.45) is 5.92 Å². The van der Waals surface area contributed by atoms with E-state index >= 15 is 0 Å². The van der Waals surface area contributed by atoms with E-state index in [0.29, 0.717) is 11.9 Å². The fourth-order valence-electron chi connectivity index (χ4n) is 2.07. The van der Waals surface area contributed by atoms with Gasteiger partial charge in [0.2, 0.25) is 0 Å². The SMILES string of the molecule is CC(C)N(CC1CC1)c1cc(F)cc(CCl)c1. The Labute approximate surface area is 108 Å². The molecule has 2 rings (SSSR count). The molecule has 0 aliphatic heterocycles. The maximum atomic E-state index is 13.5. The van der Waals surface area contributed by atoms with Crippen molar-refractivity contribution in [1.29, 1.82) is 0 Å². The van der Waals surface area contributed by atoms with E-state index in [2.05, 4.69) is 18.7 Å². The summed E-state index contributed by atoms with van der Waals surface area (Å²) in [4.78, 5) is 2.27. The van der Waals surface area contributed by atoms with Gasteiger partial charge in [-0.3, -0.25) is 0 Å². The Morgan fingerprint density at radius 3 is 2.59 bits per heavy atom. The van der Waals surface area contributed by atoms with Gasteiger partial charge < -0.3 is 4.90 Å². The molecule has 1 aromatic carbocycles. The van der Waals surface area contributed by atoms with Crippen molar-refractivity contribution in [3.05, 3.63) is 29.6 Å². The predicted molar refractivity (Wildman–Crippen MR) is 71.2 cm³/mol. The van der Waals surface area contributed by atoms with Crippen LogP contribution in [0.15, 0.2) is 18.2 Å². The fourth-order valence-corrected chi connectivity index (χ4v) is 2.22. The van der Waals surface area contributed by atoms with Gasteiger partial charge in [-0.05, 0) is 56.4 Å². The first-order valence-corrected chi connectivity index (χ1v) is 6.75. The van der Waals surface area contributed by atoms with E-state index in [4.69, 9.17) is 11.6 Å². The summed E-state index contributed by atoms with van der Waals surface area (Å²) in [5.41, 5.74) is 1.81. The third-order valence-corrected chi connectivity index (χ3v) is 3.51. The summed E-state index contributed by atoms with van der Waals surface area (Å²) in [6, 6.07) is 5.50. The summed E-state index contributed by atoms with van der Waals surface area (Å²) in [5, 5.41) is 0. The van der Waals surface area contributed by atoms with Gasteiger partial charge in [-0.25, -0.2) is 4.39 Å². The lowest BCUT2D eigenvalue weighted by Gasteiger charge is -2.29. The van der Waals surface area contributed by atoms with Crippen molar-refractivity contribution in [3.63, 3.8) is 0 Å². The normalized spacial score (nSPS) is 15.4. The Morgan fingerprint density at radius 1 is 1.35 bits per heavy atom. The molecule has 17 heavy (non-hydrogen) atoms. The van der Waals surface area contributed by atoms with Gasteiger partial charge in [0.1, 0.15) is 5.82 Å². The van der Waals surface area contributed by atoms with Gasteiger partial charge in [-0.2, -0.15) is 0 Å². The molecule has 0 heterocycles. The zero-order valence-corrected chi connectivity index (χ0v) is 11.2. The summed E-state index contributed by atoms with van der Waals surface area (Å²) < 4.78 is 13.5. The zero-order valence-electron chi connectivity index (χ0n) is 10.4. The molecule has 0 unspecified atom stereocenters. The van der Waals surface area contributed by atoms with Gasteiger partial charge in [0, 0.05) is 24.2 Å². The highest BCUT2D eigenvalue weighted by Crippen LogP contribution is 2.33. The van der Waals surface area contributed by atoms with Gasteiger partial charge >= 0.3 is 0 Å². The van der Waals surface area contributed by atoms with Crippen molar-refractivity contribution in [1.82, 2.24) is 0 Å². The minimum Gasteiger partial charge on any atom is -0.369 e. The van der Waals surface area contributed by atoms with Crippen LogP contribution in [0.2, 0.25) is 0 Å². The average molecular weight is 256 g/mol. The van der Waals surface area contributed by atoms with E-state index in [9.17, 15) is 4.39 Å². The summed E-state index contributed by atoms with van der Waals surface area (Å²) in [6.45, 7) is 5.32. The molecule has 0 amide bonds. The molecular formula is C14H19ClFN. The molecule has 0 saturated heterocycles. The van der Waals surface area contributed by atoms with Crippen LogP contribution in [0, 0.1) is 11.7 Å². The molecule has 0 radical (unpaired) electrons. The number of hydrogen-bond donors (Lipinski definition) is 0. The monoisotopic (exact) mass is 255 g/mol. The van der Waals surface area contributed by atoms with Crippen molar-refractivity contribution in [3.8, 4) is 0 Å². The molecule has 0 bridgehead atoms. The molecule has 1 aromatic rings. The largest absolute Gasteiger partial charge is 0.369 e. The molecule has 0 atom stereocenters. The van der Waals surface area contributed by atoms with Crippen LogP contribution in [0.3, 0.4) is 0 Å². The first-order chi connectivity index (χ1) is 8.10. The van der Waals surface area contributed by atoms with E-state index in [1.165, 1.54) is 18.9 Å². The molecule has 3 heteroatoms. The smallest absolute Gasteiger partial charge is 0.125 e. The van der Waals surface area contributed by atoms with Crippen molar-refractivity contribution < 1.29 is 4.39 Å². The Kier molecular flexibility index (Phi) is 3.93. The quantitative estimate of drug-likeness (QED) is 0.713. The molecule has 1 aliphatic rings. The molecular weight excluding hydrogens is 237 g/mol. The lowest BCUT2D eigenvalue weighted by atomic mass is 10.1. The second-order valence-electron chi connectivity index (χ2n) is 5.14. The Bertz CT molecular complexity index is 388. The lowest BCUT2D eigenvalue weighted by molar-refractivity contribution is 0.615. The van der Waals surface area contributed by atoms with Crippen molar-refractivity contribution in [2.75, 3.05) is 11.4 Å². The van der Waals surface area contributed by atoms with Crippen molar-refractivity contribution >= 4 is 17.3 Å². The summed E-state index contributed by atoms with van der Waals surface area (Å²) in [6.07, 6.45) is 2.61. The minimum absolute atomic E-state index is 0.195. The summed E-state index contributed by atoms with van der Waals surface area (Å²) >= 11 is 5.79. The summed E-state index contributed by atoms with van der Waals surface area (Å²) in [7, 11) is 0. The van der Waals surface area contributed by atoms with Crippen LogP contribution < -0.4 is 4.90 Å². The molecule has 1 fully saturated rings. The number of rotatable bonds is 5. The number of hydrogen-bond acceptors (Lipinski definition) is 1. The number of anilines is 1. The highest BCUT2D eigenvalue weighted by molar-refractivity contribution is 6.17. The van der Waals surface area contributed by atoms with E-state index in [1.807, 2.05) is 6.07 Å². The molecule has 94 valence electrons. The standard InChI is InChI=1S/C14H19ClFN/c1-10(2)17(9-11-3-4-11)14-6-12(8-15)5-13(16)7-14/h5-7,10-11H,3-4,8-9H2,1-2H3. The lowest BCUT2D eigenvalue weighted by Crippen LogP contribution is -2.32. The van der Waals surface area contributed by atoms with Crippen molar-refractivity contribution in [2.45, 2.75) is 38.6 Å². The molecule has 1 aliphatic carbocycles. The number of benzene rings is 1. The second-order valence-corrected chi connectivity index (χ2v) is 5.41. The van der Waals surface area contributed by atoms with Gasteiger partial charge in [0.05, 0.1) is 0 Å². The van der Waals surface area contributed by atoms with Gasteiger partial charge in [0.25, 0.3) is 0 Å². The molecule has 0 N–H and O–H groups in total. The van der Waals surface area contributed by atoms with Crippen LogP contribution >= 0.6 is 11.6 Å². The van der Waals surface area contributed by atoms with Crippen LogP contribution in [0.1, 0.15) is 32.3 Å². The van der Waals surface area contributed by atoms with Crippen LogP contribution in [-0.2, 0) is 5.88 Å². The van der Waals surface area contributed by atoms with Gasteiger partial charge in [0.15, 0.2) is 0 Å².